The van der Waals surface area contributed by atoms with E-state index < -0.39 is 0 Å². The minimum atomic E-state index is 0.0631. The maximum absolute atomic E-state index is 5.79. The van der Waals surface area contributed by atoms with Gasteiger partial charge in [-0.05, 0) is 38.0 Å². The molecule has 1 aromatic rings. The van der Waals surface area contributed by atoms with Gasteiger partial charge < -0.3 is 10.5 Å². The summed E-state index contributed by atoms with van der Waals surface area (Å²) in [6.07, 6.45) is 0. The van der Waals surface area contributed by atoms with E-state index in [9.17, 15) is 0 Å². The van der Waals surface area contributed by atoms with E-state index in [1.165, 1.54) is 0 Å². The largest absolute Gasteiger partial charge is 0.481 e. The van der Waals surface area contributed by atoms with E-state index in [1.807, 2.05) is 26.0 Å². The van der Waals surface area contributed by atoms with Gasteiger partial charge in [-0.2, -0.15) is 0 Å². The van der Waals surface area contributed by atoms with Crippen molar-refractivity contribution in [1.82, 2.24) is 0 Å². The predicted molar refractivity (Wildman–Crippen MR) is 62.7 cm³/mol. The molecule has 15 heavy (non-hydrogen) atoms. The van der Waals surface area contributed by atoms with Gasteiger partial charge in [0.2, 0.25) is 0 Å². The fraction of sp³-hybridized carbons (Fsp3) is 0.385. The highest BCUT2D eigenvalue weighted by Gasteiger charge is 2.03. The maximum Gasteiger partial charge on any atom is 0.149 e. The Morgan fingerprint density at radius 1 is 1.47 bits per heavy atom. The Kier molecular flexibility index (Phi) is 4.20. The van der Waals surface area contributed by atoms with Gasteiger partial charge in [0.25, 0.3) is 0 Å². The molecule has 0 saturated heterocycles. The summed E-state index contributed by atoms with van der Waals surface area (Å²) in [5.41, 5.74) is 8.02. The number of hydrogen-bond acceptors (Lipinski definition) is 2. The molecule has 0 aromatic heterocycles. The second kappa shape index (κ2) is 5.43. The molecule has 0 bridgehead atoms. The van der Waals surface area contributed by atoms with Crippen LogP contribution in [0.5, 0.6) is 5.75 Å². The third kappa shape index (κ3) is 3.30. The summed E-state index contributed by atoms with van der Waals surface area (Å²) in [6, 6.07) is 6.06. The van der Waals surface area contributed by atoms with Crippen LogP contribution in [0.15, 0.2) is 18.2 Å². The molecule has 0 saturated carbocycles. The Balaban J connectivity index is 2.77. The SMILES string of the molecule is CC#CCOc1ccc(C(C)N)cc1C. The highest BCUT2D eigenvalue weighted by molar-refractivity contribution is 5.37. The fourth-order valence-electron chi connectivity index (χ4n) is 1.30. The average molecular weight is 203 g/mol. The standard InChI is InChI=1S/C13H17NO/c1-4-5-8-15-13-7-6-12(11(3)14)9-10(13)2/h6-7,9,11H,8,14H2,1-3H3. The highest BCUT2D eigenvalue weighted by Crippen LogP contribution is 2.21. The van der Waals surface area contributed by atoms with Crippen LogP contribution < -0.4 is 10.5 Å². The van der Waals surface area contributed by atoms with Gasteiger partial charge >= 0.3 is 0 Å². The fourth-order valence-corrected chi connectivity index (χ4v) is 1.30. The van der Waals surface area contributed by atoms with Crippen LogP contribution >= 0.6 is 0 Å². The van der Waals surface area contributed by atoms with E-state index in [0.717, 1.165) is 16.9 Å². The molecule has 0 aliphatic carbocycles. The van der Waals surface area contributed by atoms with Crippen LogP contribution in [0.3, 0.4) is 0 Å². The van der Waals surface area contributed by atoms with Crippen LogP contribution in [0.4, 0.5) is 0 Å². The third-order valence-corrected chi connectivity index (χ3v) is 2.20. The number of ether oxygens (including phenoxy) is 1. The van der Waals surface area contributed by atoms with Crippen molar-refractivity contribution in [3.05, 3.63) is 29.3 Å². The molecule has 2 N–H and O–H groups in total. The van der Waals surface area contributed by atoms with E-state index in [2.05, 4.69) is 17.9 Å². The zero-order chi connectivity index (χ0) is 11.3. The van der Waals surface area contributed by atoms with Crippen molar-refractivity contribution in [2.75, 3.05) is 6.61 Å². The van der Waals surface area contributed by atoms with Crippen molar-refractivity contribution < 1.29 is 4.74 Å². The van der Waals surface area contributed by atoms with Crippen molar-refractivity contribution in [2.24, 2.45) is 5.73 Å². The van der Waals surface area contributed by atoms with Crippen LogP contribution in [0.1, 0.15) is 31.0 Å². The number of aryl methyl sites for hydroxylation is 1. The van der Waals surface area contributed by atoms with Crippen LogP contribution in [0.25, 0.3) is 0 Å². The van der Waals surface area contributed by atoms with Gasteiger partial charge in [-0.15, -0.1) is 5.92 Å². The molecule has 1 atom stereocenters. The molecule has 0 aliphatic heterocycles. The highest BCUT2D eigenvalue weighted by atomic mass is 16.5. The molecular weight excluding hydrogens is 186 g/mol. The Bertz CT molecular complexity index is 385. The van der Waals surface area contributed by atoms with Crippen LogP contribution in [0.2, 0.25) is 0 Å². The average Bonchev–Trinajstić information content (AvgIpc) is 2.20. The monoisotopic (exact) mass is 203 g/mol. The maximum atomic E-state index is 5.79. The number of nitrogens with two attached hydrogens (primary N) is 1. The second-order valence-electron chi connectivity index (χ2n) is 3.53. The van der Waals surface area contributed by atoms with Crippen LogP contribution in [-0.2, 0) is 0 Å². The Labute approximate surface area is 91.4 Å². The topological polar surface area (TPSA) is 35.2 Å². The van der Waals surface area contributed by atoms with E-state index in [1.54, 1.807) is 6.92 Å². The molecule has 2 nitrogen and oxygen atoms in total. The van der Waals surface area contributed by atoms with Gasteiger partial charge in [-0.1, -0.05) is 18.1 Å². The van der Waals surface area contributed by atoms with Crippen LogP contribution in [0, 0.1) is 18.8 Å². The van der Waals surface area contributed by atoms with E-state index in [-0.39, 0.29) is 6.04 Å². The molecular formula is C13H17NO. The van der Waals surface area contributed by atoms with E-state index >= 15 is 0 Å². The summed E-state index contributed by atoms with van der Waals surface area (Å²) in [6.45, 7) is 6.22. The Morgan fingerprint density at radius 3 is 2.73 bits per heavy atom. The van der Waals surface area contributed by atoms with Gasteiger partial charge in [0.05, 0.1) is 0 Å². The lowest BCUT2D eigenvalue weighted by molar-refractivity contribution is 0.367. The van der Waals surface area contributed by atoms with E-state index in [4.69, 9.17) is 10.5 Å². The molecule has 80 valence electrons. The molecule has 1 unspecified atom stereocenters. The van der Waals surface area contributed by atoms with Gasteiger partial charge in [0.15, 0.2) is 0 Å². The van der Waals surface area contributed by atoms with Crippen molar-refractivity contribution in [3.8, 4) is 17.6 Å². The minimum Gasteiger partial charge on any atom is -0.481 e. The minimum absolute atomic E-state index is 0.0631. The summed E-state index contributed by atoms with van der Waals surface area (Å²) in [5, 5.41) is 0. The van der Waals surface area contributed by atoms with Crippen LogP contribution in [-0.4, -0.2) is 6.61 Å². The molecule has 0 fully saturated rings. The normalized spacial score (nSPS) is 11.5. The lowest BCUT2D eigenvalue weighted by Crippen LogP contribution is -2.05. The second-order valence-corrected chi connectivity index (χ2v) is 3.53. The number of hydrogen-bond donors (Lipinski definition) is 1. The molecule has 0 radical (unpaired) electrons. The zero-order valence-electron chi connectivity index (χ0n) is 9.50. The van der Waals surface area contributed by atoms with Crippen molar-refractivity contribution in [3.63, 3.8) is 0 Å². The summed E-state index contributed by atoms with van der Waals surface area (Å²) >= 11 is 0. The van der Waals surface area contributed by atoms with Gasteiger partial charge in [-0.3, -0.25) is 0 Å². The molecule has 2 heteroatoms. The summed E-state index contributed by atoms with van der Waals surface area (Å²) in [4.78, 5) is 0. The smallest absolute Gasteiger partial charge is 0.149 e. The first kappa shape index (κ1) is 11.6. The third-order valence-electron chi connectivity index (χ3n) is 2.20. The van der Waals surface area contributed by atoms with Gasteiger partial charge in [-0.25, -0.2) is 0 Å². The summed E-state index contributed by atoms with van der Waals surface area (Å²) < 4.78 is 5.50. The van der Waals surface area contributed by atoms with Crippen molar-refractivity contribution >= 4 is 0 Å². The molecule has 1 aromatic carbocycles. The summed E-state index contributed by atoms with van der Waals surface area (Å²) in [7, 11) is 0. The molecule has 1 rings (SSSR count). The number of benzene rings is 1. The lowest BCUT2D eigenvalue weighted by atomic mass is 10.1. The number of rotatable bonds is 3. The lowest BCUT2D eigenvalue weighted by Gasteiger charge is -2.10. The summed E-state index contributed by atoms with van der Waals surface area (Å²) in [5.74, 6) is 6.53. The predicted octanol–water partition coefficient (Wildman–Crippen LogP) is 2.42. The first-order valence-corrected chi connectivity index (χ1v) is 5.03. The van der Waals surface area contributed by atoms with Crippen molar-refractivity contribution in [1.29, 1.82) is 0 Å². The first-order chi connectivity index (χ1) is 7.15. The van der Waals surface area contributed by atoms with Gasteiger partial charge in [0, 0.05) is 6.04 Å². The van der Waals surface area contributed by atoms with E-state index in [0.29, 0.717) is 6.61 Å². The molecule has 0 spiro atoms. The first-order valence-electron chi connectivity index (χ1n) is 5.03. The molecule has 0 aliphatic rings. The zero-order valence-corrected chi connectivity index (χ0v) is 9.50. The Morgan fingerprint density at radius 2 is 2.20 bits per heavy atom. The van der Waals surface area contributed by atoms with Gasteiger partial charge in [0.1, 0.15) is 12.4 Å². The quantitative estimate of drug-likeness (QED) is 0.766. The molecule has 0 amide bonds. The Hall–Kier alpha value is -1.46. The van der Waals surface area contributed by atoms with Crippen molar-refractivity contribution in [2.45, 2.75) is 26.8 Å². The molecule has 0 heterocycles.